The minimum absolute atomic E-state index is 0. The Morgan fingerprint density at radius 3 is 2.41 bits per heavy atom. The van der Waals surface area contributed by atoms with Gasteiger partial charge in [0.1, 0.15) is 21.8 Å². The number of rotatable bonds is 8. The lowest BCUT2D eigenvalue weighted by Crippen LogP contribution is -2.51. The van der Waals surface area contributed by atoms with E-state index in [1.54, 1.807) is 0 Å². The van der Waals surface area contributed by atoms with E-state index in [2.05, 4.69) is 45.7 Å². The SMILES string of the molecule is C.CC(C)CCCC(C)C1CCC2C3CC=C4CC(OC(=O)Oc5c(Cl)c(CO)nc(C(Cl)(Cl)Cl)c5Cl)CCC4(C)C3CCC12C. The van der Waals surface area contributed by atoms with E-state index >= 15 is 0 Å². The number of aliphatic hydroxyl groups excluding tert-OH is 1. The molecule has 5 nitrogen and oxygen atoms in total. The number of alkyl halides is 3. The highest BCUT2D eigenvalue weighted by Crippen LogP contribution is 2.67. The van der Waals surface area contributed by atoms with Crippen molar-refractivity contribution in [1.82, 2.24) is 4.98 Å². The van der Waals surface area contributed by atoms with Gasteiger partial charge in [-0.05, 0) is 91.3 Å². The van der Waals surface area contributed by atoms with Gasteiger partial charge in [0.2, 0.25) is 3.79 Å². The van der Waals surface area contributed by atoms with E-state index in [9.17, 15) is 9.90 Å². The van der Waals surface area contributed by atoms with Gasteiger partial charge in [0.25, 0.3) is 0 Å². The molecule has 8 atom stereocenters. The first-order valence-electron chi connectivity index (χ1n) is 16.7. The van der Waals surface area contributed by atoms with Crippen LogP contribution in [0.4, 0.5) is 4.79 Å². The fourth-order valence-corrected chi connectivity index (χ4v) is 11.1. The van der Waals surface area contributed by atoms with Gasteiger partial charge in [-0.2, -0.15) is 0 Å². The smallest absolute Gasteiger partial charge is 0.430 e. The molecule has 0 bridgehead atoms. The number of carbonyl (C=O) groups excluding carboxylic acids is 1. The molecule has 0 radical (unpaired) electrons. The van der Waals surface area contributed by atoms with E-state index in [0.717, 1.165) is 48.9 Å². The lowest BCUT2D eigenvalue weighted by Gasteiger charge is -2.58. The quantitative estimate of drug-likeness (QED) is 0.163. The molecule has 1 aromatic heterocycles. The number of aromatic nitrogens is 1. The highest BCUT2D eigenvalue weighted by atomic mass is 35.6. The van der Waals surface area contributed by atoms with E-state index in [0.29, 0.717) is 17.8 Å². The molecule has 46 heavy (non-hydrogen) atoms. The largest absolute Gasteiger partial charge is 0.514 e. The Kier molecular flexibility index (Phi) is 12.4. The van der Waals surface area contributed by atoms with Crippen molar-refractivity contribution in [3.63, 3.8) is 0 Å². The number of nitrogens with zero attached hydrogens (tertiary/aromatic N) is 1. The van der Waals surface area contributed by atoms with E-state index in [-0.39, 0.29) is 46.1 Å². The lowest BCUT2D eigenvalue weighted by molar-refractivity contribution is -0.0597. The Hall–Kier alpha value is -0.430. The molecule has 0 amide bonds. The van der Waals surface area contributed by atoms with Gasteiger partial charge in [0.05, 0.1) is 12.3 Å². The summed E-state index contributed by atoms with van der Waals surface area (Å²) in [4.78, 5) is 17.0. The number of hydrogen-bond acceptors (Lipinski definition) is 5. The number of fused-ring (bicyclic) bond motifs is 5. The van der Waals surface area contributed by atoms with Crippen LogP contribution in [0.2, 0.25) is 10.0 Å². The summed E-state index contributed by atoms with van der Waals surface area (Å²) in [6.45, 7) is 11.7. The number of aliphatic hydroxyl groups is 1. The number of halogens is 5. The van der Waals surface area contributed by atoms with Gasteiger partial charge in [-0.1, -0.05) is 131 Å². The van der Waals surface area contributed by atoms with Crippen LogP contribution >= 0.6 is 58.0 Å². The molecule has 0 aromatic carbocycles. The first-order chi connectivity index (χ1) is 21.1. The first-order valence-corrected chi connectivity index (χ1v) is 18.6. The van der Waals surface area contributed by atoms with Crippen LogP contribution in [0, 0.1) is 46.3 Å². The zero-order valence-corrected chi connectivity index (χ0v) is 30.9. The molecule has 4 aliphatic carbocycles. The Morgan fingerprint density at radius 1 is 1.04 bits per heavy atom. The van der Waals surface area contributed by atoms with Crippen LogP contribution in [-0.2, 0) is 15.1 Å². The number of allylic oxidation sites excluding steroid dienone is 1. The monoisotopic (exact) mass is 737 g/mol. The summed E-state index contributed by atoms with van der Waals surface area (Å²) < 4.78 is 9.24. The minimum atomic E-state index is -2.02. The predicted octanol–water partition coefficient (Wildman–Crippen LogP) is 12.3. The summed E-state index contributed by atoms with van der Waals surface area (Å²) in [7, 11) is 0. The second-order valence-corrected chi connectivity index (χ2v) is 18.2. The summed E-state index contributed by atoms with van der Waals surface area (Å²) in [6, 6.07) is 0. The second-order valence-electron chi connectivity index (χ2n) is 15.1. The fraction of sp³-hybridized carbons (Fsp3) is 0.778. The molecule has 3 saturated carbocycles. The summed E-state index contributed by atoms with van der Waals surface area (Å²) in [5.74, 6) is 4.37. The van der Waals surface area contributed by atoms with Crippen molar-refractivity contribution < 1.29 is 19.4 Å². The summed E-state index contributed by atoms with van der Waals surface area (Å²) in [6.07, 6.45) is 14.1. The molecule has 10 heteroatoms. The van der Waals surface area contributed by atoms with Crippen LogP contribution in [0.1, 0.15) is 124 Å². The maximum Gasteiger partial charge on any atom is 0.514 e. The summed E-state index contributed by atoms with van der Waals surface area (Å²) >= 11 is 30.7. The zero-order chi connectivity index (χ0) is 32.9. The van der Waals surface area contributed by atoms with Crippen LogP contribution in [0.5, 0.6) is 5.75 Å². The Bertz CT molecular complexity index is 1300. The van der Waals surface area contributed by atoms with Crippen molar-refractivity contribution in [1.29, 1.82) is 0 Å². The molecule has 4 aliphatic rings. The number of ether oxygens (including phenoxy) is 2. The van der Waals surface area contributed by atoms with E-state index in [4.69, 9.17) is 67.5 Å². The maximum atomic E-state index is 13.0. The van der Waals surface area contributed by atoms with E-state index in [1.165, 1.54) is 50.5 Å². The highest BCUT2D eigenvalue weighted by Gasteiger charge is 2.59. The molecule has 0 spiro atoms. The molecule has 8 unspecified atom stereocenters. The van der Waals surface area contributed by atoms with Crippen LogP contribution in [0.15, 0.2) is 11.6 Å². The Labute approximate surface area is 301 Å². The molecule has 0 aliphatic heterocycles. The van der Waals surface area contributed by atoms with Crippen molar-refractivity contribution >= 4 is 64.2 Å². The van der Waals surface area contributed by atoms with Gasteiger partial charge in [-0.25, -0.2) is 9.78 Å². The fourth-order valence-electron chi connectivity index (χ4n) is 9.95. The highest BCUT2D eigenvalue weighted by molar-refractivity contribution is 6.67. The lowest BCUT2D eigenvalue weighted by atomic mass is 9.47. The normalized spacial score (nSPS) is 32.9. The topological polar surface area (TPSA) is 68.7 Å². The summed E-state index contributed by atoms with van der Waals surface area (Å²) in [5, 5.41) is 9.32. The van der Waals surface area contributed by atoms with Crippen LogP contribution in [0.25, 0.3) is 0 Å². The van der Waals surface area contributed by atoms with Crippen LogP contribution < -0.4 is 4.74 Å². The average molecular weight is 740 g/mol. The maximum absolute atomic E-state index is 13.0. The van der Waals surface area contributed by atoms with E-state index < -0.39 is 16.6 Å². The molecule has 3 fully saturated rings. The Morgan fingerprint density at radius 2 is 1.76 bits per heavy atom. The third-order valence-electron chi connectivity index (χ3n) is 12.2. The van der Waals surface area contributed by atoms with Crippen LogP contribution in [0.3, 0.4) is 0 Å². The van der Waals surface area contributed by atoms with Crippen molar-refractivity contribution in [2.75, 3.05) is 0 Å². The molecule has 0 saturated heterocycles. The van der Waals surface area contributed by atoms with Crippen molar-refractivity contribution in [2.24, 2.45) is 46.3 Å². The molecule has 5 rings (SSSR count). The van der Waals surface area contributed by atoms with Crippen molar-refractivity contribution in [3.8, 4) is 5.75 Å². The number of pyridine rings is 1. The van der Waals surface area contributed by atoms with Gasteiger partial charge in [0.15, 0.2) is 5.75 Å². The summed E-state index contributed by atoms with van der Waals surface area (Å²) in [5.41, 5.74) is 1.76. The minimum Gasteiger partial charge on any atom is -0.430 e. The van der Waals surface area contributed by atoms with Gasteiger partial charge in [0, 0.05) is 6.42 Å². The third-order valence-corrected chi connectivity index (χ3v) is 13.5. The molecule has 260 valence electrons. The van der Waals surface area contributed by atoms with Gasteiger partial charge in [-0.3, -0.25) is 0 Å². The zero-order valence-electron chi connectivity index (χ0n) is 27.1. The van der Waals surface area contributed by atoms with Gasteiger partial charge in [-0.15, -0.1) is 0 Å². The first kappa shape index (κ1) is 38.4. The van der Waals surface area contributed by atoms with Crippen molar-refractivity contribution in [2.45, 2.75) is 129 Å². The van der Waals surface area contributed by atoms with Gasteiger partial charge >= 0.3 is 6.16 Å². The predicted molar refractivity (Wildman–Crippen MR) is 190 cm³/mol. The Balaban J connectivity index is 0.00000480. The molecule has 1 heterocycles. The van der Waals surface area contributed by atoms with Gasteiger partial charge < -0.3 is 14.6 Å². The van der Waals surface area contributed by atoms with Crippen molar-refractivity contribution in [3.05, 3.63) is 33.1 Å². The number of hydrogen-bond donors (Lipinski definition) is 1. The number of carbonyl (C=O) groups is 1. The standard InChI is InChI=1S/C35H48Cl5NO4.CH4/c1-19(2)7-6-8-20(3)24-11-12-25-23-10-9-21-17-22(13-15-33(21,4)26(23)14-16-34(24,25)5)44-32(43)45-30-28(36)27(18-42)41-31(29(30)37)35(38,39)40;/h9,19-20,22-26,42H,6-8,10-18H2,1-5H3;1H4. The molecule has 1 aromatic rings. The average Bonchev–Trinajstić information content (AvgIpc) is 3.32. The molecular formula is C36H52Cl5NO4. The molecule has 1 N–H and O–H groups in total. The third kappa shape index (κ3) is 7.36. The van der Waals surface area contributed by atoms with Crippen LogP contribution in [-0.4, -0.2) is 22.3 Å². The molecular weight excluding hydrogens is 688 g/mol. The van der Waals surface area contributed by atoms with E-state index in [1.807, 2.05) is 0 Å². The second kappa shape index (κ2) is 14.8.